The number of carbonyl (C=O) groups excluding carboxylic acids is 11. The van der Waals surface area contributed by atoms with Gasteiger partial charge in [0.2, 0.25) is 41.4 Å². The number of carbonyl (C=O) groups is 11. The van der Waals surface area contributed by atoms with Crippen molar-refractivity contribution in [3.8, 4) is 0 Å². The van der Waals surface area contributed by atoms with Gasteiger partial charge in [0.1, 0.15) is 48.6 Å². The van der Waals surface area contributed by atoms with E-state index in [0.29, 0.717) is 48.1 Å². The maximum Gasteiger partial charge on any atom is 0.322 e. The van der Waals surface area contributed by atoms with Crippen molar-refractivity contribution in [3.05, 3.63) is 126 Å². The number of primary amides is 1. The van der Waals surface area contributed by atoms with Gasteiger partial charge in [-0.05, 0) is 97.2 Å². The molecule has 1 aromatic heterocycles. The van der Waals surface area contributed by atoms with Crippen LogP contribution in [0.1, 0.15) is 82.1 Å². The van der Waals surface area contributed by atoms with Crippen LogP contribution in [-0.4, -0.2) is 148 Å². The fourth-order valence-corrected chi connectivity index (χ4v) is 9.33. The second-order valence-corrected chi connectivity index (χ2v) is 21.9. The minimum absolute atomic E-state index is 0.0487. The zero-order valence-corrected chi connectivity index (χ0v) is 49.1. The van der Waals surface area contributed by atoms with Crippen LogP contribution in [0.3, 0.4) is 0 Å². The zero-order chi connectivity index (χ0) is 62.9. The van der Waals surface area contributed by atoms with Crippen LogP contribution < -0.4 is 64.6 Å². The van der Waals surface area contributed by atoms with Gasteiger partial charge in [0, 0.05) is 60.8 Å². The number of benzene rings is 3. The van der Waals surface area contributed by atoms with E-state index in [1.54, 1.807) is 68.4 Å². The summed E-state index contributed by atoms with van der Waals surface area (Å²) < 4.78 is 0.773. The lowest BCUT2D eigenvalue weighted by Crippen LogP contribution is -2.61. The predicted octanol–water partition coefficient (Wildman–Crippen LogP) is 0.887. The molecule has 5 rings (SSSR count). The number of hydrogen-bond acceptors (Lipinski definition) is 15. The van der Waals surface area contributed by atoms with Gasteiger partial charge in [-0.3, -0.25) is 48.7 Å². The number of aliphatic hydroxyl groups is 1. The Morgan fingerprint density at radius 2 is 1.19 bits per heavy atom. The molecule has 8 atom stereocenters. The smallest absolute Gasteiger partial charge is 0.322 e. The molecule has 1 aliphatic heterocycles. The Hall–Kier alpha value is -8.85. The Balaban J connectivity index is 1.46. The zero-order valence-electron chi connectivity index (χ0n) is 48.3. The number of hydrogen-bond donors (Lipinski definition) is 13. The van der Waals surface area contributed by atoms with Crippen LogP contribution in [-0.2, 0) is 68.8 Å². The van der Waals surface area contributed by atoms with Crippen molar-refractivity contribution in [3.63, 3.8) is 0 Å². The largest absolute Gasteiger partial charge is 0.394 e. The SMILES string of the molecule is CC(C)C[C@H](NC(=O)[C@@H](Cc1ccc(NC(N)=O)cc1)NC(=O)[C@H](Cc1ccc(NC(=O)[C@@H]2CC(=O)NC(=O)N2)cc1)NC(=O)[C@H](CO)NC(=O)[C@@H](Cc1cccnc1)NC(=O)[C@H](N)Cc1ccccc1)C(=O)N(Cl)[C@H](C=O)CCCCNC(C)C. The number of nitrogens with one attached hydrogen (secondary N) is 10. The Labute approximate surface area is 503 Å². The molecule has 0 bridgehead atoms. The van der Waals surface area contributed by atoms with E-state index in [2.05, 4.69) is 52.8 Å². The van der Waals surface area contributed by atoms with Gasteiger partial charge in [-0.15, -0.1) is 0 Å². The van der Waals surface area contributed by atoms with Crippen molar-refractivity contribution < 1.29 is 57.8 Å². The van der Waals surface area contributed by atoms with Crippen LogP contribution in [0.2, 0.25) is 0 Å². The van der Waals surface area contributed by atoms with Gasteiger partial charge in [0.05, 0.1) is 19.1 Å². The Kier molecular flexibility index (Phi) is 27.0. The van der Waals surface area contributed by atoms with E-state index in [-0.39, 0.29) is 62.6 Å². The number of unbranched alkanes of at least 4 members (excludes halogenated alkanes) is 1. The molecule has 26 nitrogen and oxygen atoms in total. The summed E-state index contributed by atoms with van der Waals surface area (Å²) in [5, 5.41) is 36.6. The van der Waals surface area contributed by atoms with Crippen molar-refractivity contribution in [1.82, 2.24) is 51.9 Å². The molecule has 2 heterocycles. The molecule has 462 valence electrons. The molecule has 1 fully saturated rings. The van der Waals surface area contributed by atoms with Gasteiger partial charge < -0.3 is 69.2 Å². The van der Waals surface area contributed by atoms with E-state index < -0.39 is 114 Å². The molecular formula is C59H77ClN14O12. The van der Waals surface area contributed by atoms with E-state index >= 15 is 0 Å². The van der Waals surface area contributed by atoms with Gasteiger partial charge in [-0.2, -0.15) is 0 Å². The lowest BCUT2D eigenvalue weighted by molar-refractivity contribution is -0.137. The molecule has 0 unspecified atom stereocenters. The third-order valence-electron chi connectivity index (χ3n) is 13.6. The van der Waals surface area contributed by atoms with Gasteiger partial charge in [0.15, 0.2) is 0 Å². The fourth-order valence-electron chi connectivity index (χ4n) is 9.07. The lowest BCUT2D eigenvalue weighted by Gasteiger charge is -2.29. The number of imide groups is 1. The van der Waals surface area contributed by atoms with Crippen molar-refractivity contribution in [2.45, 2.75) is 140 Å². The number of nitrogens with zero attached hydrogens (tertiary/aromatic N) is 2. The molecule has 0 radical (unpaired) electrons. The number of amides is 12. The monoisotopic (exact) mass is 1210 g/mol. The molecule has 86 heavy (non-hydrogen) atoms. The first-order valence-corrected chi connectivity index (χ1v) is 28.5. The number of anilines is 2. The molecule has 12 amide bonds. The average Bonchev–Trinajstić information content (AvgIpc) is 3.64. The molecule has 27 heteroatoms. The fraction of sp³-hybridized carbons (Fsp3) is 0.424. The second kappa shape index (κ2) is 34.2. The quantitative estimate of drug-likeness (QED) is 0.0179. The summed E-state index contributed by atoms with van der Waals surface area (Å²) in [6.07, 6.45) is 4.16. The molecule has 15 N–H and O–H groups in total. The number of halogens is 1. The number of aldehydes is 1. The van der Waals surface area contributed by atoms with E-state index in [0.717, 1.165) is 9.98 Å². The molecule has 1 saturated heterocycles. The second-order valence-electron chi connectivity index (χ2n) is 21.5. The molecule has 3 aromatic carbocycles. The van der Waals surface area contributed by atoms with Gasteiger partial charge in [-0.25, -0.2) is 14.0 Å². The summed E-state index contributed by atoms with van der Waals surface area (Å²) in [5.74, 6) is -6.91. The summed E-state index contributed by atoms with van der Waals surface area (Å²) >= 11 is 6.62. The minimum atomic E-state index is -1.76. The summed E-state index contributed by atoms with van der Waals surface area (Å²) in [6.45, 7) is 7.26. The predicted molar refractivity (Wildman–Crippen MR) is 319 cm³/mol. The number of urea groups is 2. The molecule has 4 aromatic rings. The van der Waals surface area contributed by atoms with Crippen molar-refractivity contribution in [2.24, 2.45) is 17.4 Å². The Bertz CT molecular complexity index is 2940. The molecule has 0 saturated carbocycles. The minimum Gasteiger partial charge on any atom is -0.394 e. The molecule has 0 spiro atoms. The molecule has 0 aliphatic carbocycles. The average molecular weight is 1210 g/mol. The first-order chi connectivity index (χ1) is 41.0. The maximum absolute atomic E-state index is 14.9. The van der Waals surface area contributed by atoms with Crippen molar-refractivity contribution in [1.29, 1.82) is 0 Å². The summed E-state index contributed by atoms with van der Waals surface area (Å²) in [7, 11) is 0. The van der Waals surface area contributed by atoms with E-state index in [9.17, 15) is 57.8 Å². The summed E-state index contributed by atoms with van der Waals surface area (Å²) in [4.78, 5) is 151. The van der Waals surface area contributed by atoms with E-state index in [1.807, 2.05) is 19.2 Å². The number of aromatic nitrogens is 1. The van der Waals surface area contributed by atoms with Gasteiger partial charge in [0.25, 0.3) is 5.91 Å². The third-order valence-corrected chi connectivity index (χ3v) is 14.0. The van der Waals surface area contributed by atoms with E-state index in [4.69, 9.17) is 23.2 Å². The third kappa shape index (κ3) is 22.6. The Morgan fingerprint density at radius 3 is 1.70 bits per heavy atom. The molecule has 1 aliphatic rings. The van der Waals surface area contributed by atoms with Crippen LogP contribution in [0.4, 0.5) is 21.0 Å². The van der Waals surface area contributed by atoms with Crippen LogP contribution in [0.25, 0.3) is 0 Å². The highest BCUT2D eigenvalue weighted by molar-refractivity contribution is 6.23. The number of pyridine rings is 1. The van der Waals surface area contributed by atoms with Gasteiger partial charge in [-0.1, -0.05) is 88.4 Å². The normalized spacial score (nSPS) is 15.4. The number of aliphatic hydroxyl groups excluding tert-OH is 1. The first kappa shape index (κ1) is 67.9. The molecular weight excluding hydrogens is 1130 g/mol. The van der Waals surface area contributed by atoms with Crippen LogP contribution in [0.5, 0.6) is 0 Å². The van der Waals surface area contributed by atoms with Gasteiger partial charge >= 0.3 is 12.1 Å². The van der Waals surface area contributed by atoms with Crippen LogP contribution in [0.15, 0.2) is 103 Å². The lowest BCUT2D eigenvalue weighted by atomic mass is 9.99. The van der Waals surface area contributed by atoms with Crippen molar-refractivity contribution in [2.75, 3.05) is 23.8 Å². The van der Waals surface area contributed by atoms with Crippen LogP contribution in [0, 0.1) is 5.92 Å². The highest BCUT2D eigenvalue weighted by atomic mass is 35.5. The van der Waals surface area contributed by atoms with Crippen molar-refractivity contribution >= 4 is 88.8 Å². The topological polar surface area (TPSA) is 396 Å². The highest BCUT2D eigenvalue weighted by Crippen LogP contribution is 2.19. The van der Waals surface area contributed by atoms with Crippen LogP contribution >= 0.6 is 11.8 Å². The highest BCUT2D eigenvalue weighted by Gasteiger charge is 2.36. The summed E-state index contributed by atoms with van der Waals surface area (Å²) in [6, 6.07) is 11.9. The standard InChI is InChI=1S/C59H77ClN14O12/c1-34(2)25-48(57(84)74(60)42(32-75)14-8-9-24-64-35(3)4)70-54(81)45(28-38-17-21-41(22-18-38)66-58(62)85)68-53(80)44(27-37-15-19-40(20-16-37)65-52(79)47-30-50(77)73-59(86)72-47)69-56(83)49(33-76)71-55(82)46(29-39-13-10-23-63-31-39)67-51(78)43(61)26-36-11-6-5-7-12-36/h5-7,10-13,15-23,31-32,34-35,42-49,64,76H,8-9,14,24-30,33,61H2,1-4H3,(H,65,79)(H,67,78)(H,68,80)(H,69,83)(H,70,81)(H,71,82)(H3,62,66,85)(H2,72,73,77,86)/t42-,43+,44-,45+,46+,47-,48-,49-/m0/s1. The Morgan fingerprint density at radius 1 is 0.674 bits per heavy atom. The maximum atomic E-state index is 14.9. The van der Waals surface area contributed by atoms with E-state index in [1.165, 1.54) is 48.8 Å². The summed E-state index contributed by atoms with van der Waals surface area (Å²) in [5.41, 5.74) is 14.2. The number of nitrogens with two attached hydrogens (primary N) is 2. The first-order valence-electron chi connectivity index (χ1n) is 28.2. The number of rotatable bonds is 33.